The Bertz CT molecular complexity index is 234. The fraction of sp³-hybridized carbons (Fsp3) is 1.00. The fourth-order valence-corrected chi connectivity index (χ4v) is 5.15. The average molecular weight is 259 g/mol. The molecule has 1 aliphatic heterocycles. The molecule has 14 heavy (non-hydrogen) atoms. The van der Waals surface area contributed by atoms with Crippen molar-refractivity contribution in [2.24, 2.45) is 16.7 Å². The molecule has 3 fully saturated rings. The third-order valence-corrected chi connectivity index (χ3v) is 5.98. The monoisotopic (exact) mass is 258 g/mol. The second-order valence-corrected chi connectivity index (χ2v) is 6.11. The van der Waals surface area contributed by atoms with Gasteiger partial charge in [0, 0.05) is 18.5 Å². The predicted molar refractivity (Wildman–Crippen MR) is 60.7 cm³/mol. The van der Waals surface area contributed by atoms with Crippen molar-refractivity contribution in [3.63, 3.8) is 0 Å². The van der Waals surface area contributed by atoms with E-state index in [9.17, 15) is 0 Å². The van der Waals surface area contributed by atoms with Crippen molar-refractivity contribution in [1.82, 2.24) is 0 Å². The summed E-state index contributed by atoms with van der Waals surface area (Å²) in [4.78, 5) is 0. The molecule has 80 valence electrons. The van der Waals surface area contributed by atoms with Crippen LogP contribution in [0.15, 0.2) is 0 Å². The van der Waals surface area contributed by atoms with Crippen LogP contribution in [0.2, 0.25) is 0 Å². The zero-order valence-electron chi connectivity index (χ0n) is 8.73. The van der Waals surface area contributed by atoms with E-state index in [1.54, 1.807) is 0 Å². The first kappa shape index (κ1) is 9.65. The summed E-state index contributed by atoms with van der Waals surface area (Å²) in [7, 11) is 0. The van der Waals surface area contributed by atoms with E-state index < -0.39 is 0 Å². The van der Waals surface area contributed by atoms with Crippen LogP contribution < -0.4 is 0 Å². The van der Waals surface area contributed by atoms with Crippen molar-refractivity contribution < 1.29 is 4.74 Å². The number of hydrogen-bond donors (Lipinski definition) is 0. The maximum atomic E-state index is 5.53. The minimum Gasteiger partial charge on any atom is -0.381 e. The van der Waals surface area contributed by atoms with Gasteiger partial charge in [-0.3, -0.25) is 0 Å². The largest absolute Gasteiger partial charge is 0.381 e. The molecule has 0 amide bonds. The summed E-state index contributed by atoms with van der Waals surface area (Å²) in [5, 5.41) is 1.23. The van der Waals surface area contributed by atoms with E-state index in [0.717, 1.165) is 24.5 Å². The summed E-state index contributed by atoms with van der Waals surface area (Å²) in [5.41, 5.74) is 1.45. The Balaban J connectivity index is 1.84. The van der Waals surface area contributed by atoms with E-state index in [1.165, 1.54) is 43.9 Å². The van der Waals surface area contributed by atoms with Gasteiger partial charge in [-0.1, -0.05) is 22.4 Å². The molecule has 3 rings (SSSR count). The normalized spacial score (nSPS) is 44.8. The number of alkyl halides is 1. The summed E-state index contributed by atoms with van der Waals surface area (Å²) in [6, 6.07) is 0. The Morgan fingerprint density at radius 1 is 1.14 bits per heavy atom. The zero-order valence-corrected chi connectivity index (χ0v) is 10.3. The molecule has 1 saturated heterocycles. The molecule has 1 nitrogen and oxygen atoms in total. The van der Waals surface area contributed by atoms with Crippen LogP contribution in [0.1, 0.15) is 38.5 Å². The van der Waals surface area contributed by atoms with Gasteiger partial charge in [-0.25, -0.2) is 0 Å². The molecule has 2 spiro atoms. The van der Waals surface area contributed by atoms with Gasteiger partial charge in [-0.05, 0) is 48.9 Å². The van der Waals surface area contributed by atoms with Crippen molar-refractivity contribution in [1.29, 1.82) is 0 Å². The first-order valence-electron chi connectivity index (χ1n) is 5.97. The van der Waals surface area contributed by atoms with E-state index in [4.69, 9.17) is 4.74 Å². The molecule has 2 atom stereocenters. The summed E-state index contributed by atoms with van der Waals surface area (Å²) < 4.78 is 5.53. The lowest BCUT2D eigenvalue weighted by molar-refractivity contribution is -0.0174. The lowest BCUT2D eigenvalue weighted by Crippen LogP contribution is -2.35. The van der Waals surface area contributed by atoms with Crippen LogP contribution in [0.3, 0.4) is 0 Å². The van der Waals surface area contributed by atoms with Gasteiger partial charge >= 0.3 is 0 Å². The van der Waals surface area contributed by atoms with Crippen LogP contribution in [0.25, 0.3) is 0 Å². The van der Waals surface area contributed by atoms with Gasteiger partial charge in [0.1, 0.15) is 0 Å². The average Bonchev–Trinajstić information content (AvgIpc) is 2.85. The zero-order chi connectivity index (χ0) is 9.65. The van der Waals surface area contributed by atoms with Gasteiger partial charge in [-0.2, -0.15) is 0 Å². The van der Waals surface area contributed by atoms with Crippen LogP contribution in [0, 0.1) is 16.7 Å². The molecular weight excluding hydrogens is 240 g/mol. The second-order valence-electron chi connectivity index (χ2n) is 5.46. The number of fused-ring (bicyclic) bond motifs is 1. The van der Waals surface area contributed by atoms with E-state index >= 15 is 0 Å². The van der Waals surface area contributed by atoms with E-state index in [1.807, 2.05) is 0 Å². The highest BCUT2D eigenvalue weighted by Gasteiger charge is 2.67. The molecule has 3 aliphatic rings. The molecule has 0 N–H and O–H groups in total. The number of rotatable bonds is 1. The smallest absolute Gasteiger partial charge is 0.0471 e. The van der Waals surface area contributed by atoms with E-state index in [-0.39, 0.29) is 0 Å². The lowest BCUT2D eigenvalue weighted by atomic mass is 9.68. The first-order chi connectivity index (χ1) is 6.83. The number of ether oxygens (including phenoxy) is 1. The predicted octanol–water partition coefficient (Wildman–Crippen LogP) is 3.37. The van der Waals surface area contributed by atoms with Crippen molar-refractivity contribution >= 4 is 15.9 Å². The Hall–Kier alpha value is 0.440. The van der Waals surface area contributed by atoms with Crippen LogP contribution in [-0.2, 0) is 4.74 Å². The molecule has 0 aromatic rings. The first-order valence-corrected chi connectivity index (χ1v) is 7.09. The van der Waals surface area contributed by atoms with Crippen LogP contribution in [0.5, 0.6) is 0 Å². The summed E-state index contributed by atoms with van der Waals surface area (Å²) in [5.74, 6) is 0.989. The summed E-state index contributed by atoms with van der Waals surface area (Å²) >= 11 is 3.68. The SMILES string of the molecule is BrCC1CC12CCCC21CCOCC1. The Labute approximate surface area is 94.7 Å². The molecule has 0 aromatic carbocycles. The Kier molecular flexibility index (Phi) is 2.22. The van der Waals surface area contributed by atoms with Crippen LogP contribution >= 0.6 is 15.9 Å². The molecule has 2 unspecified atom stereocenters. The topological polar surface area (TPSA) is 9.23 Å². The standard InChI is InChI=1S/C12H19BrO/c13-9-10-8-12(10)3-1-2-11(12)4-6-14-7-5-11/h10H,1-9H2. The molecule has 2 heteroatoms. The molecule has 2 saturated carbocycles. The highest BCUT2D eigenvalue weighted by atomic mass is 79.9. The van der Waals surface area contributed by atoms with Crippen molar-refractivity contribution in [2.45, 2.75) is 38.5 Å². The molecule has 0 bridgehead atoms. The molecule has 2 aliphatic carbocycles. The minimum absolute atomic E-state index is 0.698. The van der Waals surface area contributed by atoms with Gasteiger partial charge in [0.2, 0.25) is 0 Å². The third kappa shape index (κ3) is 1.10. The highest BCUT2D eigenvalue weighted by Crippen LogP contribution is 2.74. The second kappa shape index (κ2) is 3.21. The van der Waals surface area contributed by atoms with Gasteiger partial charge in [0.05, 0.1) is 0 Å². The van der Waals surface area contributed by atoms with Crippen LogP contribution in [-0.4, -0.2) is 18.5 Å². The summed E-state index contributed by atoms with van der Waals surface area (Å²) in [6.45, 7) is 2.05. The molecule has 0 aromatic heterocycles. The van der Waals surface area contributed by atoms with Crippen molar-refractivity contribution in [3.8, 4) is 0 Å². The molecule has 0 radical (unpaired) electrons. The van der Waals surface area contributed by atoms with Gasteiger partial charge < -0.3 is 4.74 Å². The fourth-order valence-electron chi connectivity index (χ4n) is 4.31. The van der Waals surface area contributed by atoms with Gasteiger partial charge in [0.25, 0.3) is 0 Å². The van der Waals surface area contributed by atoms with Crippen LogP contribution in [0.4, 0.5) is 0 Å². The summed E-state index contributed by atoms with van der Waals surface area (Å²) in [6.07, 6.45) is 8.65. The van der Waals surface area contributed by atoms with E-state index in [0.29, 0.717) is 5.41 Å². The quantitative estimate of drug-likeness (QED) is 0.656. The molecule has 1 heterocycles. The molecular formula is C12H19BrO. The Morgan fingerprint density at radius 2 is 1.93 bits per heavy atom. The Morgan fingerprint density at radius 3 is 2.57 bits per heavy atom. The third-order valence-electron chi connectivity index (χ3n) is 5.20. The van der Waals surface area contributed by atoms with E-state index in [2.05, 4.69) is 15.9 Å². The van der Waals surface area contributed by atoms with Gasteiger partial charge in [0.15, 0.2) is 0 Å². The van der Waals surface area contributed by atoms with Crippen molar-refractivity contribution in [2.75, 3.05) is 18.5 Å². The minimum atomic E-state index is 0.698. The lowest BCUT2D eigenvalue weighted by Gasteiger charge is -2.40. The maximum absolute atomic E-state index is 5.53. The number of halogens is 1. The number of hydrogen-bond acceptors (Lipinski definition) is 1. The highest BCUT2D eigenvalue weighted by molar-refractivity contribution is 9.09. The van der Waals surface area contributed by atoms with Crippen molar-refractivity contribution in [3.05, 3.63) is 0 Å². The maximum Gasteiger partial charge on any atom is 0.0471 e. The van der Waals surface area contributed by atoms with Gasteiger partial charge in [-0.15, -0.1) is 0 Å².